The molecule has 0 aliphatic carbocycles. The summed E-state index contributed by atoms with van der Waals surface area (Å²) in [6.45, 7) is 6.86. The highest BCUT2D eigenvalue weighted by molar-refractivity contribution is 5.49. The molecular weight excluding hydrogens is 316 g/mol. The van der Waals surface area contributed by atoms with E-state index in [1.54, 1.807) is 6.33 Å². The fourth-order valence-corrected chi connectivity index (χ4v) is 3.43. The molecule has 2 aliphatic heterocycles. The SMILES string of the molecule is c1ccc(OCCN2CCc3ncnc(N4CCOCC4)c3C2)cc1. The topological polar surface area (TPSA) is 50.7 Å². The molecule has 0 bridgehead atoms. The predicted molar refractivity (Wildman–Crippen MR) is 96.0 cm³/mol. The van der Waals surface area contributed by atoms with Crippen molar-refractivity contribution in [2.75, 3.05) is 50.9 Å². The second-order valence-electron chi connectivity index (χ2n) is 6.41. The van der Waals surface area contributed by atoms with Gasteiger partial charge in [-0.05, 0) is 12.1 Å². The van der Waals surface area contributed by atoms with Crippen molar-refractivity contribution in [3.05, 3.63) is 47.9 Å². The number of hydrogen-bond donors (Lipinski definition) is 0. The Morgan fingerprint density at radius 3 is 2.72 bits per heavy atom. The molecule has 6 nitrogen and oxygen atoms in total. The molecule has 0 saturated carbocycles. The van der Waals surface area contributed by atoms with Gasteiger partial charge in [-0.25, -0.2) is 9.97 Å². The minimum absolute atomic E-state index is 0.694. The van der Waals surface area contributed by atoms with Crippen LogP contribution >= 0.6 is 0 Å². The van der Waals surface area contributed by atoms with Gasteiger partial charge in [0.25, 0.3) is 0 Å². The number of morpholine rings is 1. The third kappa shape index (κ3) is 3.91. The first kappa shape index (κ1) is 16.3. The number of anilines is 1. The predicted octanol–water partition coefficient (Wildman–Crippen LogP) is 1.75. The van der Waals surface area contributed by atoms with Gasteiger partial charge >= 0.3 is 0 Å². The molecule has 2 aliphatic rings. The molecule has 1 aromatic heterocycles. The van der Waals surface area contributed by atoms with E-state index in [0.717, 1.165) is 63.9 Å². The molecule has 1 saturated heterocycles. The zero-order chi connectivity index (χ0) is 16.9. The van der Waals surface area contributed by atoms with Gasteiger partial charge in [0.2, 0.25) is 0 Å². The normalized spacial score (nSPS) is 18.0. The molecule has 0 amide bonds. The van der Waals surface area contributed by atoms with Crippen LogP contribution in [0.15, 0.2) is 36.7 Å². The number of rotatable bonds is 5. The van der Waals surface area contributed by atoms with Crippen LogP contribution in [0.5, 0.6) is 5.75 Å². The minimum atomic E-state index is 0.694. The van der Waals surface area contributed by atoms with Crippen LogP contribution in [0.1, 0.15) is 11.3 Å². The molecule has 3 heterocycles. The van der Waals surface area contributed by atoms with Crippen LogP contribution in [0.2, 0.25) is 0 Å². The van der Waals surface area contributed by atoms with Gasteiger partial charge in [0.1, 0.15) is 24.5 Å². The minimum Gasteiger partial charge on any atom is -0.492 e. The van der Waals surface area contributed by atoms with Crippen molar-refractivity contribution >= 4 is 5.82 Å². The molecule has 25 heavy (non-hydrogen) atoms. The lowest BCUT2D eigenvalue weighted by molar-refractivity contribution is 0.122. The maximum Gasteiger partial charge on any atom is 0.136 e. The third-order valence-corrected chi connectivity index (χ3v) is 4.79. The summed E-state index contributed by atoms with van der Waals surface area (Å²) in [5, 5.41) is 0. The van der Waals surface area contributed by atoms with Gasteiger partial charge in [0.05, 0.1) is 18.9 Å². The Balaban J connectivity index is 1.39. The summed E-state index contributed by atoms with van der Waals surface area (Å²) in [6, 6.07) is 9.99. The van der Waals surface area contributed by atoms with Gasteiger partial charge < -0.3 is 14.4 Å². The summed E-state index contributed by atoms with van der Waals surface area (Å²) in [4.78, 5) is 13.8. The fraction of sp³-hybridized carbons (Fsp3) is 0.474. The first-order chi connectivity index (χ1) is 12.4. The van der Waals surface area contributed by atoms with Crippen molar-refractivity contribution in [3.63, 3.8) is 0 Å². The van der Waals surface area contributed by atoms with Crippen molar-refractivity contribution in [1.29, 1.82) is 0 Å². The Labute approximate surface area is 148 Å². The lowest BCUT2D eigenvalue weighted by Crippen LogP contribution is -2.40. The largest absolute Gasteiger partial charge is 0.492 e. The smallest absolute Gasteiger partial charge is 0.136 e. The number of benzene rings is 1. The molecule has 1 aromatic carbocycles. The maximum atomic E-state index is 5.84. The van der Waals surface area contributed by atoms with E-state index in [1.165, 1.54) is 11.3 Å². The van der Waals surface area contributed by atoms with Gasteiger partial charge in [-0.2, -0.15) is 0 Å². The highest BCUT2D eigenvalue weighted by Gasteiger charge is 2.24. The standard InChI is InChI=1S/C19H24N4O2/c1-2-4-16(5-3-1)25-13-8-22-7-6-18-17(14-22)19(21-15-20-18)23-9-11-24-12-10-23/h1-5,15H,6-14H2. The van der Waals surface area contributed by atoms with E-state index in [-0.39, 0.29) is 0 Å². The number of aromatic nitrogens is 2. The Morgan fingerprint density at radius 2 is 1.88 bits per heavy atom. The number of hydrogen-bond acceptors (Lipinski definition) is 6. The number of nitrogens with zero attached hydrogens (tertiary/aromatic N) is 4. The molecule has 0 radical (unpaired) electrons. The van der Waals surface area contributed by atoms with Gasteiger partial charge in [0.15, 0.2) is 0 Å². The lowest BCUT2D eigenvalue weighted by Gasteiger charge is -2.34. The highest BCUT2D eigenvalue weighted by atomic mass is 16.5. The van der Waals surface area contributed by atoms with Crippen LogP contribution in [0.4, 0.5) is 5.82 Å². The second kappa shape index (κ2) is 7.80. The zero-order valence-electron chi connectivity index (χ0n) is 14.4. The molecule has 4 rings (SSSR count). The summed E-state index contributed by atoms with van der Waals surface area (Å²) in [6.07, 6.45) is 2.68. The van der Waals surface area contributed by atoms with Crippen LogP contribution in [0.25, 0.3) is 0 Å². The highest BCUT2D eigenvalue weighted by Crippen LogP contribution is 2.26. The van der Waals surface area contributed by atoms with Crippen LogP contribution in [-0.2, 0) is 17.7 Å². The Kier molecular flexibility index (Phi) is 5.09. The van der Waals surface area contributed by atoms with Crippen molar-refractivity contribution < 1.29 is 9.47 Å². The van der Waals surface area contributed by atoms with Crippen LogP contribution < -0.4 is 9.64 Å². The monoisotopic (exact) mass is 340 g/mol. The first-order valence-corrected chi connectivity index (χ1v) is 8.96. The number of para-hydroxylation sites is 1. The van der Waals surface area contributed by atoms with Gasteiger partial charge in [-0.15, -0.1) is 0 Å². The molecule has 0 unspecified atom stereocenters. The Bertz CT molecular complexity index is 689. The summed E-state index contributed by atoms with van der Waals surface area (Å²) in [5.74, 6) is 2.01. The molecule has 6 heteroatoms. The molecular formula is C19H24N4O2. The van der Waals surface area contributed by atoms with Crippen LogP contribution in [0.3, 0.4) is 0 Å². The van der Waals surface area contributed by atoms with E-state index in [9.17, 15) is 0 Å². The molecule has 0 N–H and O–H groups in total. The average Bonchev–Trinajstić information content (AvgIpc) is 2.69. The first-order valence-electron chi connectivity index (χ1n) is 8.96. The molecule has 1 fully saturated rings. The molecule has 0 spiro atoms. The van der Waals surface area contributed by atoms with E-state index in [1.807, 2.05) is 30.3 Å². The van der Waals surface area contributed by atoms with Crippen molar-refractivity contribution in [3.8, 4) is 5.75 Å². The molecule has 2 aromatic rings. The number of ether oxygens (including phenoxy) is 2. The lowest BCUT2D eigenvalue weighted by atomic mass is 10.1. The maximum absolute atomic E-state index is 5.84. The van der Waals surface area contributed by atoms with Crippen molar-refractivity contribution in [1.82, 2.24) is 14.9 Å². The van der Waals surface area contributed by atoms with E-state index in [2.05, 4.69) is 19.8 Å². The van der Waals surface area contributed by atoms with Crippen LogP contribution in [-0.4, -0.2) is 60.9 Å². The van der Waals surface area contributed by atoms with Gasteiger partial charge in [0, 0.05) is 44.7 Å². The molecule has 0 atom stereocenters. The summed E-state index contributed by atoms with van der Waals surface area (Å²) < 4.78 is 11.3. The Hall–Kier alpha value is -2.18. The van der Waals surface area contributed by atoms with E-state index in [4.69, 9.17) is 9.47 Å². The van der Waals surface area contributed by atoms with Gasteiger partial charge in [-0.3, -0.25) is 4.90 Å². The van der Waals surface area contributed by atoms with Gasteiger partial charge in [-0.1, -0.05) is 18.2 Å². The van der Waals surface area contributed by atoms with E-state index >= 15 is 0 Å². The van der Waals surface area contributed by atoms with Crippen molar-refractivity contribution in [2.24, 2.45) is 0 Å². The van der Waals surface area contributed by atoms with Crippen LogP contribution in [0, 0.1) is 0 Å². The third-order valence-electron chi connectivity index (χ3n) is 4.79. The zero-order valence-corrected chi connectivity index (χ0v) is 14.4. The molecule has 132 valence electrons. The summed E-state index contributed by atoms with van der Waals surface area (Å²) in [5.41, 5.74) is 2.46. The quantitative estimate of drug-likeness (QED) is 0.827. The van der Waals surface area contributed by atoms with E-state index < -0.39 is 0 Å². The van der Waals surface area contributed by atoms with E-state index in [0.29, 0.717) is 6.61 Å². The summed E-state index contributed by atoms with van der Waals surface area (Å²) in [7, 11) is 0. The average molecular weight is 340 g/mol. The fourth-order valence-electron chi connectivity index (χ4n) is 3.43. The summed E-state index contributed by atoms with van der Waals surface area (Å²) >= 11 is 0. The number of fused-ring (bicyclic) bond motifs is 1. The Morgan fingerprint density at radius 1 is 1.04 bits per heavy atom. The van der Waals surface area contributed by atoms with Crippen molar-refractivity contribution in [2.45, 2.75) is 13.0 Å². The second-order valence-corrected chi connectivity index (χ2v) is 6.41.